The molecule has 1 aliphatic carbocycles. The zero-order chi connectivity index (χ0) is 10.9. The molecule has 0 aliphatic heterocycles. The van der Waals surface area contributed by atoms with Crippen LogP contribution in [0.2, 0.25) is 0 Å². The summed E-state index contributed by atoms with van der Waals surface area (Å²) in [4.78, 5) is 4.20. The molecule has 1 aliphatic rings. The first kappa shape index (κ1) is 12.3. The topological polar surface area (TPSA) is 50.4 Å². The summed E-state index contributed by atoms with van der Waals surface area (Å²) in [5.41, 5.74) is 5.69. The van der Waals surface area contributed by atoms with E-state index >= 15 is 0 Å². The molecule has 0 heterocycles. The van der Waals surface area contributed by atoms with E-state index in [-0.39, 0.29) is 0 Å². The fourth-order valence-corrected chi connectivity index (χ4v) is 2.19. The highest BCUT2D eigenvalue weighted by Gasteiger charge is 2.13. The van der Waals surface area contributed by atoms with Crippen molar-refractivity contribution in [3.63, 3.8) is 0 Å². The summed E-state index contributed by atoms with van der Waals surface area (Å²) in [6.45, 7) is 3.92. The Balaban J connectivity index is 1.95. The van der Waals surface area contributed by atoms with E-state index in [0.29, 0.717) is 5.96 Å². The summed E-state index contributed by atoms with van der Waals surface area (Å²) in [6.07, 6.45) is 9.42. The molecule has 3 N–H and O–H groups in total. The van der Waals surface area contributed by atoms with Gasteiger partial charge in [0.1, 0.15) is 0 Å². The molecule has 1 saturated carbocycles. The highest BCUT2D eigenvalue weighted by Crippen LogP contribution is 2.28. The van der Waals surface area contributed by atoms with Gasteiger partial charge in [-0.3, -0.25) is 4.99 Å². The summed E-state index contributed by atoms with van der Waals surface area (Å²) < 4.78 is 0. The van der Waals surface area contributed by atoms with Crippen LogP contribution >= 0.6 is 0 Å². The van der Waals surface area contributed by atoms with Crippen LogP contribution in [0.1, 0.15) is 51.9 Å². The molecule has 0 aromatic carbocycles. The van der Waals surface area contributed by atoms with Crippen LogP contribution in [0.5, 0.6) is 0 Å². The molecule has 1 rings (SSSR count). The van der Waals surface area contributed by atoms with Gasteiger partial charge in [-0.2, -0.15) is 0 Å². The standard InChI is InChI=1S/C12H25N3/c1-2-9-14-12(13)15-10-5-8-11-6-3-4-7-11/h11H,2-10H2,1H3,(H3,13,14,15). The average Bonchev–Trinajstić information content (AvgIpc) is 2.74. The fourth-order valence-electron chi connectivity index (χ4n) is 2.19. The van der Waals surface area contributed by atoms with E-state index in [4.69, 9.17) is 5.73 Å². The van der Waals surface area contributed by atoms with E-state index < -0.39 is 0 Å². The van der Waals surface area contributed by atoms with E-state index in [9.17, 15) is 0 Å². The van der Waals surface area contributed by atoms with Crippen LogP contribution in [0, 0.1) is 5.92 Å². The third-order valence-electron chi connectivity index (χ3n) is 3.08. The van der Waals surface area contributed by atoms with Gasteiger partial charge in [0.2, 0.25) is 0 Å². The predicted molar refractivity (Wildman–Crippen MR) is 66.0 cm³/mol. The Hall–Kier alpha value is -0.730. The van der Waals surface area contributed by atoms with Crippen molar-refractivity contribution in [1.82, 2.24) is 5.32 Å². The van der Waals surface area contributed by atoms with Gasteiger partial charge < -0.3 is 11.1 Å². The fraction of sp³-hybridized carbons (Fsp3) is 0.917. The molecular formula is C12H25N3. The van der Waals surface area contributed by atoms with Crippen LogP contribution in [-0.4, -0.2) is 19.0 Å². The van der Waals surface area contributed by atoms with Crippen LogP contribution in [0.25, 0.3) is 0 Å². The second-order valence-electron chi connectivity index (χ2n) is 4.49. The van der Waals surface area contributed by atoms with Gasteiger partial charge in [0.15, 0.2) is 5.96 Å². The molecule has 0 radical (unpaired) electrons. The molecule has 1 fully saturated rings. The second kappa shape index (κ2) is 7.55. The van der Waals surface area contributed by atoms with E-state index in [1.165, 1.54) is 38.5 Å². The van der Waals surface area contributed by atoms with Gasteiger partial charge in [-0.25, -0.2) is 0 Å². The average molecular weight is 211 g/mol. The Morgan fingerprint density at radius 2 is 2.13 bits per heavy atom. The molecule has 0 spiro atoms. The molecular weight excluding hydrogens is 186 g/mol. The molecule has 3 heteroatoms. The van der Waals surface area contributed by atoms with Crippen molar-refractivity contribution in [3.05, 3.63) is 0 Å². The Labute approximate surface area is 93.5 Å². The van der Waals surface area contributed by atoms with Crippen molar-refractivity contribution < 1.29 is 0 Å². The maximum atomic E-state index is 5.69. The van der Waals surface area contributed by atoms with Crippen LogP contribution in [0.15, 0.2) is 4.99 Å². The molecule has 0 aromatic rings. The van der Waals surface area contributed by atoms with Crippen LogP contribution in [0.3, 0.4) is 0 Å². The Morgan fingerprint density at radius 1 is 1.40 bits per heavy atom. The lowest BCUT2D eigenvalue weighted by molar-refractivity contribution is 0.482. The van der Waals surface area contributed by atoms with Gasteiger partial charge in [-0.15, -0.1) is 0 Å². The summed E-state index contributed by atoms with van der Waals surface area (Å²) >= 11 is 0. The molecule has 0 saturated heterocycles. The van der Waals surface area contributed by atoms with Gasteiger partial charge in [0.25, 0.3) is 0 Å². The molecule has 0 bridgehead atoms. The number of hydrogen-bond acceptors (Lipinski definition) is 1. The predicted octanol–water partition coefficient (Wildman–Crippen LogP) is 2.27. The third kappa shape index (κ3) is 5.65. The summed E-state index contributed by atoms with van der Waals surface area (Å²) in [7, 11) is 0. The van der Waals surface area contributed by atoms with E-state index in [2.05, 4.69) is 17.2 Å². The van der Waals surface area contributed by atoms with Crippen LogP contribution in [0.4, 0.5) is 0 Å². The van der Waals surface area contributed by atoms with Crippen molar-refractivity contribution in [2.75, 3.05) is 13.1 Å². The van der Waals surface area contributed by atoms with Gasteiger partial charge in [0, 0.05) is 13.1 Å². The molecule has 0 atom stereocenters. The van der Waals surface area contributed by atoms with Gasteiger partial charge in [-0.05, 0) is 25.2 Å². The van der Waals surface area contributed by atoms with E-state index in [1.807, 2.05) is 0 Å². The van der Waals surface area contributed by atoms with Crippen molar-refractivity contribution in [3.8, 4) is 0 Å². The third-order valence-corrected chi connectivity index (χ3v) is 3.08. The second-order valence-corrected chi connectivity index (χ2v) is 4.49. The highest BCUT2D eigenvalue weighted by molar-refractivity contribution is 5.77. The monoisotopic (exact) mass is 211 g/mol. The first-order chi connectivity index (χ1) is 7.33. The minimum atomic E-state index is 0.614. The lowest BCUT2D eigenvalue weighted by atomic mass is 10.0. The molecule has 0 unspecified atom stereocenters. The number of nitrogens with zero attached hydrogens (tertiary/aromatic N) is 1. The number of aliphatic imine (C=N–C) groups is 1. The van der Waals surface area contributed by atoms with Crippen molar-refractivity contribution in [1.29, 1.82) is 0 Å². The molecule has 88 valence electrons. The van der Waals surface area contributed by atoms with E-state index in [1.54, 1.807) is 0 Å². The Kier molecular flexibility index (Phi) is 6.21. The van der Waals surface area contributed by atoms with Crippen LogP contribution < -0.4 is 11.1 Å². The van der Waals surface area contributed by atoms with Gasteiger partial charge in [0.05, 0.1) is 0 Å². The lowest BCUT2D eigenvalue weighted by Crippen LogP contribution is -2.32. The number of rotatable bonds is 6. The molecule has 3 nitrogen and oxygen atoms in total. The quantitative estimate of drug-likeness (QED) is 0.402. The lowest BCUT2D eigenvalue weighted by Gasteiger charge is -2.09. The summed E-state index contributed by atoms with van der Waals surface area (Å²) in [5.74, 6) is 1.60. The zero-order valence-electron chi connectivity index (χ0n) is 9.97. The summed E-state index contributed by atoms with van der Waals surface area (Å²) in [5, 5.41) is 3.17. The number of hydrogen-bond donors (Lipinski definition) is 2. The molecule has 0 amide bonds. The van der Waals surface area contributed by atoms with Crippen molar-refractivity contribution in [2.45, 2.75) is 51.9 Å². The largest absolute Gasteiger partial charge is 0.370 e. The first-order valence-corrected chi connectivity index (χ1v) is 6.36. The summed E-state index contributed by atoms with van der Waals surface area (Å²) in [6, 6.07) is 0. The minimum Gasteiger partial charge on any atom is -0.370 e. The first-order valence-electron chi connectivity index (χ1n) is 6.36. The van der Waals surface area contributed by atoms with Gasteiger partial charge >= 0.3 is 0 Å². The van der Waals surface area contributed by atoms with Gasteiger partial charge in [-0.1, -0.05) is 32.6 Å². The van der Waals surface area contributed by atoms with E-state index in [0.717, 1.165) is 25.4 Å². The Morgan fingerprint density at radius 3 is 2.80 bits per heavy atom. The SMILES string of the molecule is CCCN=C(N)NCCCC1CCCC1. The number of nitrogens with two attached hydrogens (primary N) is 1. The van der Waals surface area contributed by atoms with Crippen molar-refractivity contribution in [2.24, 2.45) is 16.6 Å². The smallest absolute Gasteiger partial charge is 0.188 e. The zero-order valence-corrected chi connectivity index (χ0v) is 9.97. The highest BCUT2D eigenvalue weighted by atomic mass is 15.1. The minimum absolute atomic E-state index is 0.614. The Bertz CT molecular complexity index is 183. The van der Waals surface area contributed by atoms with Crippen LogP contribution in [-0.2, 0) is 0 Å². The number of nitrogens with one attached hydrogen (secondary N) is 1. The molecule has 0 aromatic heterocycles. The normalized spacial score (nSPS) is 18.3. The number of guanidine groups is 1. The molecule has 15 heavy (non-hydrogen) atoms. The maximum Gasteiger partial charge on any atom is 0.188 e. The van der Waals surface area contributed by atoms with Crippen molar-refractivity contribution >= 4 is 5.96 Å². The maximum absolute atomic E-state index is 5.69.